The van der Waals surface area contributed by atoms with Gasteiger partial charge < -0.3 is 8.61 Å². The van der Waals surface area contributed by atoms with Crippen LogP contribution in [0.4, 0.5) is 13.2 Å². The molecule has 0 N–H and O–H groups in total. The Morgan fingerprint density at radius 3 is 1.91 bits per heavy atom. The summed E-state index contributed by atoms with van der Waals surface area (Å²) in [6.07, 6.45) is 6.12. The maximum absolute atomic E-state index is 13.3. The minimum Gasteiger partial charge on any atom is -0.543 e. The van der Waals surface area contributed by atoms with Crippen molar-refractivity contribution in [1.82, 2.24) is 0 Å². The molecule has 4 fully saturated rings. The molecular formula is C23H32F3IO4SSi. The minimum atomic E-state index is -5.81. The van der Waals surface area contributed by atoms with Crippen molar-refractivity contribution in [3.05, 3.63) is 21.3 Å². The van der Waals surface area contributed by atoms with Crippen molar-refractivity contribution >= 4 is 41.0 Å². The van der Waals surface area contributed by atoms with Gasteiger partial charge in [-0.15, -0.1) is 0 Å². The van der Waals surface area contributed by atoms with Gasteiger partial charge in [-0.2, -0.15) is 21.6 Å². The third-order valence-corrected chi connectivity index (χ3v) is 14.6. The molecule has 1 aromatic rings. The second-order valence-corrected chi connectivity index (χ2v) is 19.1. The first-order chi connectivity index (χ1) is 14.9. The van der Waals surface area contributed by atoms with Crippen LogP contribution in [0.2, 0.25) is 18.1 Å². The lowest BCUT2D eigenvalue weighted by atomic mass is 9.48. The summed E-state index contributed by atoms with van der Waals surface area (Å²) in [5, 5.41) is -0.131. The number of hydrogen-bond acceptors (Lipinski definition) is 4. The standard InChI is InChI=1S/C23H32F3IO4SSi/c1-21(2,3)33(4,5)31-18-7-6-17(20(19(18)27)30-32(28,29)23(24,25)26)22-11-14-8-15(12-22)10-16(9-14)13-22/h6-7,14-16H,8-13H2,1-5H3. The number of rotatable bonds is 5. The number of alkyl halides is 3. The molecule has 4 saturated carbocycles. The van der Waals surface area contributed by atoms with Crippen LogP contribution in [-0.2, 0) is 15.5 Å². The molecule has 0 amide bonds. The number of benzene rings is 1. The van der Waals surface area contributed by atoms with Crippen molar-refractivity contribution in [2.24, 2.45) is 17.8 Å². The zero-order valence-corrected chi connectivity index (χ0v) is 23.7. The summed E-state index contributed by atoms with van der Waals surface area (Å²) in [6.45, 7) is 10.3. The van der Waals surface area contributed by atoms with Crippen LogP contribution in [-0.4, -0.2) is 22.2 Å². The van der Waals surface area contributed by atoms with Crippen LogP contribution in [0.3, 0.4) is 0 Å². The van der Waals surface area contributed by atoms with E-state index < -0.39 is 23.9 Å². The molecule has 0 aromatic heterocycles. The SMILES string of the molecule is CC(C)(C)[Si](C)(C)Oc1ccc(C23CC4CC(CC(C4)C2)C3)c(OS(=O)(=O)C(F)(F)F)c1I. The Morgan fingerprint density at radius 2 is 1.48 bits per heavy atom. The third kappa shape index (κ3) is 4.57. The molecular weight excluding hydrogens is 584 g/mol. The number of hydrogen-bond donors (Lipinski definition) is 0. The highest BCUT2D eigenvalue weighted by atomic mass is 127. The predicted octanol–water partition coefficient (Wildman–Crippen LogP) is 7.37. The second-order valence-electron chi connectivity index (χ2n) is 11.8. The summed E-state index contributed by atoms with van der Waals surface area (Å²) < 4.78 is 75.9. The molecule has 0 unspecified atom stereocenters. The van der Waals surface area contributed by atoms with Gasteiger partial charge >= 0.3 is 15.6 Å². The second kappa shape index (κ2) is 8.01. The van der Waals surface area contributed by atoms with Crippen molar-refractivity contribution in [1.29, 1.82) is 0 Å². The maximum Gasteiger partial charge on any atom is 0.534 e. The molecule has 10 heteroatoms. The molecule has 0 aliphatic heterocycles. The highest BCUT2D eigenvalue weighted by Crippen LogP contribution is 2.62. The van der Waals surface area contributed by atoms with Crippen LogP contribution in [0.25, 0.3) is 0 Å². The zero-order valence-electron chi connectivity index (χ0n) is 19.7. The molecule has 0 radical (unpaired) electrons. The van der Waals surface area contributed by atoms with E-state index in [4.69, 9.17) is 8.61 Å². The van der Waals surface area contributed by atoms with E-state index in [1.165, 1.54) is 19.3 Å². The van der Waals surface area contributed by atoms with Crippen molar-refractivity contribution in [2.75, 3.05) is 0 Å². The van der Waals surface area contributed by atoms with Gasteiger partial charge in [0.1, 0.15) is 5.75 Å². The van der Waals surface area contributed by atoms with Crippen molar-refractivity contribution in [2.45, 2.75) is 88.4 Å². The summed E-state index contributed by atoms with van der Waals surface area (Å²) in [4.78, 5) is 0. The van der Waals surface area contributed by atoms with Gasteiger partial charge in [0.2, 0.25) is 0 Å². The Morgan fingerprint density at radius 1 is 1.00 bits per heavy atom. The molecule has 33 heavy (non-hydrogen) atoms. The van der Waals surface area contributed by atoms with Crippen LogP contribution >= 0.6 is 22.6 Å². The number of halogens is 4. The van der Waals surface area contributed by atoms with Gasteiger partial charge in [0.25, 0.3) is 8.32 Å². The molecule has 4 nitrogen and oxygen atoms in total. The Balaban J connectivity index is 1.83. The van der Waals surface area contributed by atoms with Crippen molar-refractivity contribution in [3.63, 3.8) is 0 Å². The van der Waals surface area contributed by atoms with Gasteiger partial charge in [-0.05, 0) is 108 Å². The Bertz CT molecular complexity index is 1010. The van der Waals surface area contributed by atoms with Gasteiger partial charge in [-0.3, -0.25) is 0 Å². The average Bonchev–Trinajstić information content (AvgIpc) is 2.61. The third-order valence-electron chi connectivity index (χ3n) is 8.32. The zero-order chi connectivity index (χ0) is 24.6. The van der Waals surface area contributed by atoms with E-state index in [2.05, 4.69) is 20.8 Å². The van der Waals surface area contributed by atoms with E-state index in [-0.39, 0.29) is 16.2 Å². The topological polar surface area (TPSA) is 52.6 Å². The molecule has 4 bridgehead atoms. The van der Waals surface area contributed by atoms with Crippen molar-refractivity contribution in [3.8, 4) is 11.5 Å². The van der Waals surface area contributed by atoms with Gasteiger partial charge in [0, 0.05) is 5.56 Å². The van der Waals surface area contributed by atoms with Crippen LogP contribution in [0, 0.1) is 21.3 Å². The fourth-order valence-corrected chi connectivity index (χ4v) is 8.70. The lowest BCUT2D eigenvalue weighted by Crippen LogP contribution is -2.49. The lowest BCUT2D eigenvalue weighted by Gasteiger charge is -2.57. The van der Waals surface area contributed by atoms with Crippen LogP contribution < -0.4 is 8.61 Å². The first-order valence-electron chi connectivity index (χ1n) is 11.5. The molecule has 0 atom stereocenters. The first kappa shape index (κ1) is 25.6. The van der Waals surface area contributed by atoms with Crippen LogP contribution in [0.5, 0.6) is 11.5 Å². The summed E-state index contributed by atoms with van der Waals surface area (Å²) in [7, 11) is -8.12. The molecule has 0 spiro atoms. The molecule has 5 rings (SSSR count). The molecule has 0 saturated heterocycles. The van der Waals surface area contributed by atoms with Gasteiger partial charge in [0.05, 0.1) is 3.57 Å². The molecule has 0 heterocycles. The van der Waals surface area contributed by atoms with E-state index in [0.29, 0.717) is 32.6 Å². The summed E-state index contributed by atoms with van der Waals surface area (Å²) >= 11 is 1.90. The van der Waals surface area contributed by atoms with E-state index in [1.54, 1.807) is 6.07 Å². The highest BCUT2D eigenvalue weighted by Gasteiger charge is 2.54. The van der Waals surface area contributed by atoms with Crippen LogP contribution in [0.15, 0.2) is 12.1 Å². The molecule has 186 valence electrons. The van der Waals surface area contributed by atoms with Crippen LogP contribution in [0.1, 0.15) is 64.9 Å². The van der Waals surface area contributed by atoms with Gasteiger partial charge in [0.15, 0.2) is 5.75 Å². The van der Waals surface area contributed by atoms with E-state index in [0.717, 1.165) is 19.3 Å². The normalized spacial score (nSPS) is 29.9. The summed E-state index contributed by atoms with van der Waals surface area (Å²) in [5.74, 6) is 1.84. The predicted molar refractivity (Wildman–Crippen MR) is 132 cm³/mol. The fourth-order valence-electron chi connectivity index (χ4n) is 6.14. The molecule has 4 aliphatic carbocycles. The van der Waals surface area contributed by atoms with E-state index in [1.807, 2.05) is 41.8 Å². The minimum absolute atomic E-state index is 0.131. The Labute approximate surface area is 209 Å². The first-order valence-corrected chi connectivity index (χ1v) is 16.9. The summed E-state index contributed by atoms with van der Waals surface area (Å²) in [6, 6.07) is 3.59. The lowest BCUT2D eigenvalue weighted by molar-refractivity contribution is -0.0503. The molecule has 1 aromatic carbocycles. The average molecular weight is 617 g/mol. The molecule has 4 aliphatic rings. The fraction of sp³-hybridized carbons (Fsp3) is 0.739. The Kier molecular flexibility index (Phi) is 6.21. The monoisotopic (exact) mass is 616 g/mol. The van der Waals surface area contributed by atoms with E-state index >= 15 is 0 Å². The highest BCUT2D eigenvalue weighted by molar-refractivity contribution is 14.1. The van der Waals surface area contributed by atoms with E-state index in [9.17, 15) is 21.6 Å². The Hall–Kier alpha value is -0.493. The van der Waals surface area contributed by atoms with Gasteiger partial charge in [-0.1, -0.05) is 26.8 Å². The largest absolute Gasteiger partial charge is 0.543 e. The van der Waals surface area contributed by atoms with Gasteiger partial charge in [-0.25, -0.2) is 0 Å². The maximum atomic E-state index is 13.3. The summed E-state index contributed by atoms with van der Waals surface area (Å²) in [5.41, 5.74) is -5.23. The quantitative estimate of drug-likeness (QED) is 0.150. The van der Waals surface area contributed by atoms with Crippen molar-refractivity contribution < 1.29 is 30.2 Å². The smallest absolute Gasteiger partial charge is 0.534 e.